The molecule has 0 spiro atoms. The fourth-order valence-corrected chi connectivity index (χ4v) is 3.73. The average molecular weight is 414 g/mol. The molecule has 0 fully saturated rings. The molecular formula is C20H18N2O6S. The number of carbonyl (C=O) groups is 2. The maximum atomic E-state index is 12.0. The van der Waals surface area contributed by atoms with Gasteiger partial charge in [-0.15, -0.1) is 11.3 Å². The Morgan fingerprint density at radius 1 is 1.03 bits per heavy atom. The van der Waals surface area contributed by atoms with E-state index in [1.165, 1.54) is 17.6 Å². The topological polar surface area (TPSA) is 110 Å². The second-order valence-corrected chi connectivity index (χ2v) is 7.47. The van der Waals surface area contributed by atoms with Crippen LogP contribution in [0.4, 0.5) is 0 Å². The highest BCUT2D eigenvalue weighted by atomic mass is 32.1. The average Bonchev–Trinajstić information content (AvgIpc) is 3.50. The van der Waals surface area contributed by atoms with E-state index in [1.807, 2.05) is 0 Å². The van der Waals surface area contributed by atoms with Gasteiger partial charge in [-0.3, -0.25) is 9.59 Å². The number of furan rings is 1. The van der Waals surface area contributed by atoms with Crippen molar-refractivity contribution in [2.24, 2.45) is 0 Å². The summed E-state index contributed by atoms with van der Waals surface area (Å²) in [5.74, 6) is 0.268. The van der Waals surface area contributed by atoms with Gasteiger partial charge < -0.3 is 29.6 Å². The van der Waals surface area contributed by atoms with E-state index in [2.05, 4.69) is 10.6 Å². The van der Waals surface area contributed by atoms with Crippen molar-refractivity contribution in [1.82, 2.24) is 10.6 Å². The normalized spacial score (nSPS) is 13.1. The van der Waals surface area contributed by atoms with Gasteiger partial charge in [0.25, 0.3) is 0 Å². The molecule has 3 aromatic rings. The van der Waals surface area contributed by atoms with Crippen LogP contribution in [0.2, 0.25) is 0 Å². The highest BCUT2D eigenvalue weighted by molar-refractivity contribution is 7.12. The van der Waals surface area contributed by atoms with Gasteiger partial charge in [0.1, 0.15) is 11.9 Å². The number of fused-ring (bicyclic) bond motifs is 1. The summed E-state index contributed by atoms with van der Waals surface area (Å²) in [5, 5.41) is 15.4. The molecule has 0 aliphatic carbocycles. The first kappa shape index (κ1) is 19.0. The molecule has 1 aliphatic heterocycles. The number of benzene rings is 1. The van der Waals surface area contributed by atoms with Crippen molar-refractivity contribution in [2.45, 2.75) is 19.2 Å². The number of thiophene rings is 1. The largest absolute Gasteiger partial charge is 0.466 e. The van der Waals surface area contributed by atoms with Crippen molar-refractivity contribution < 1.29 is 28.6 Å². The summed E-state index contributed by atoms with van der Waals surface area (Å²) in [6.45, 7) is 0.559. The van der Waals surface area contributed by atoms with Crippen LogP contribution in [0.3, 0.4) is 0 Å². The SMILES string of the molecule is O=C(NCc1ccc2c(c1)OCO2)C(=O)NCc1ccc(C(O)c2ccco2)s1. The lowest BCUT2D eigenvalue weighted by atomic mass is 10.2. The van der Waals surface area contributed by atoms with Crippen LogP contribution in [0.5, 0.6) is 11.5 Å². The van der Waals surface area contributed by atoms with Gasteiger partial charge in [-0.2, -0.15) is 0 Å². The lowest BCUT2D eigenvalue weighted by molar-refractivity contribution is -0.139. The molecule has 9 heteroatoms. The third-order valence-corrected chi connectivity index (χ3v) is 5.42. The van der Waals surface area contributed by atoms with Crippen molar-refractivity contribution >= 4 is 23.2 Å². The van der Waals surface area contributed by atoms with E-state index in [1.54, 1.807) is 42.5 Å². The van der Waals surface area contributed by atoms with Crippen LogP contribution >= 0.6 is 11.3 Å². The fraction of sp³-hybridized carbons (Fsp3) is 0.200. The van der Waals surface area contributed by atoms with E-state index in [4.69, 9.17) is 13.9 Å². The lowest BCUT2D eigenvalue weighted by Gasteiger charge is -2.07. The highest BCUT2D eigenvalue weighted by Gasteiger charge is 2.18. The zero-order valence-corrected chi connectivity index (χ0v) is 16.0. The summed E-state index contributed by atoms with van der Waals surface area (Å²) in [7, 11) is 0. The van der Waals surface area contributed by atoms with Crippen LogP contribution < -0.4 is 20.1 Å². The number of aliphatic hydroxyl groups excluding tert-OH is 1. The molecular weight excluding hydrogens is 396 g/mol. The Morgan fingerprint density at radius 3 is 2.62 bits per heavy atom. The molecule has 3 heterocycles. The van der Waals surface area contributed by atoms with E-state index in [-0.39, 0.29) is 19.9 Å². The minimum atomic E-state index is -0.857. The Bertz CT molecular complexity index is 1010. The predicted molar refractivity (Wildman–Crippen MR) is 103 cm³/mol. The Hall–Kier alpha value is -3.30. The highest BCUT2D eigenvalue weighted by Crippen LogP contribution is 2.32. The monoisotopic (exact) mass is 414 g/mol. The van der Waals surface area contributed by atoms with Crippen LogP contribution in [-0.2, 0) is 22.7 Å². The third kappa shape index (κ3) is 4.41. The number of carbonyl (C=O) groups excluding carboxylic acids is 2. The molecule has 1 aliphatic rings. The zero-order valence-electron chi connectivity index (χ0n) is 15.2. The van der Waals surface area contributed by atoms with Crippen molar-refractivity contribution in [3.63, 3.8) is 0 Å². The zero-order chi connectivity index (χ0) is 20.2. The van der Waals surface area contributed by atoms with E-state index in [9.17, 15) is 14.7 Å². The van der Waals surface area contributed by atoms with Gasteiger partial charge in [0.15, 0.2) is 11.5 Å². The molecule has 4 rings (SSSR count). The molecule has 2 aromatic heterocycles. The Morgan fingerprint density at radius 2 is 1.83 bits per heavy atom. The Kier molecular flexibility index (Phi) is 5.50. The first-order valence-corrected chi connectivity index (χ1v) is 9.66. The standard InChI is InChI=1S/C20H18N2O6S/c23-18(15-2-1-7-26-15)17-6-4-13(29-17)10-22-20(25)19(24)21-9-12-3-5-14-16(8-12)28-11-27-14/h1-8,18,23H,9-11H2,(H,21,24)(H,22,25). The lowest BCUT2D eigenvalue weighted by Crippen LogP contribution is -2.39. The Labute approximate surface area is 170 Å². The molecule has 1 unspecified atom stereocenters. The molecule has 0 radical (unpaired) electrons. The van der Waals surface area contributed by atoms with Crippen molar-refractivity contribution in [3.05, 3.63) is 69.8 Å². The van der Waals surface area contributed by atoms with Crippen LogP contribution in [0.1, 0.15) is 27.2 Å². The van der Waals surface area contributed by atoms with Gasteiger partial charge in [0.2, 0.25) is 6.79 Å². The van der Waals surface area contributed by atoms with Crippen molar-refractivity contribution in [2.75, 3.05) is 6.79 Å². The maximum absolute atomic E-state index is 12.0. The third-order valence-electron chi connectivity index (χ3n) is 4.28. The second kappa shape index (κ2) is 8.38. The number of ether oxygens (including phenoxy) is 2. The minimum absolute atomic E-state index is 0.177. The number of aliphatic hydroxyl groups is 1. The first-order valence-electron chi connectivity index (χ1n) is 8.85. The van der Waals surface area contributed by atoms with Crippen LogP contribution in [0.15, 0.2) is 53.1 Å². The van der Waals surface area contributed by atoms with Gasteiger partial charge in [0.05, 0.1) is 12.8 Å². The molecule has 0 saturated heterocycles. The van der Waals surface area contributed by atoms with E-state index in [0.29, 0.717) is 22.1 Å². The van der Waals surface area contributed by atoms with Gasteiger partial charge >= 0.3 is 11.8 Å². The molecule has 0 saturated carbocycles. The molecule has 2 amide bonds. The molecule has 1 aromatic carbocycles. The van der Waals surface area contributed by atoms with Gasteiger partial charge in [-0.05, 0) is 42.0 Å². The smallest absolute Gasteiger partial charge is 0.309 e. The quantitative estimate of drug-likeness (QED) is 0.533. The maximum Gasteiger partial charge on any atom is 0.309 e. The molecule has 0 bridgehead atoms. The Balaban J connectivity index is 1.26. The van der Waals surface area contributed by atoms with Gasteiger partial charge in [0, 0.05) is 16.3 Å². The van der Waals surface area contributed by atoms with E-state index in [0.717, 1.165) is 10.4 Å². The summed E-state index contributed by atoms with van der Waals surface area (Å²) in [5.41, 5.74) is 0.796. The molecule has 29 heavy (non-hydrogen) atoms. The number of hydrogen-bond acceptors (Lipinski definition) is 7. The van der Waals surface area contributed by atoms with Crippen molar-refractivity contribution in [1.29, 1.82) is 0 Å². The number of hydrogen-bond donors (Lipinski definition) is 3. The van der Waals surface area contributed by atoms with Crippen LogP contribution in [0, 0.1) is 0 Å². The molecule has 8 nitrogen and oxygen atoms in total. The predicted octanol–water partition coefficient (Wildman–Crippen LogP) is 2.08. The summed E-state index contributed by atoms with van der Waals surface area (Å²) >= 11 is 1.33. The fourth-order valence-electron chi connectivity index (χ4n) is 2.78. The van der Waals surface area contributed by atoms with Crippen LogP contribution in [-0.4, -0.2) is 23.7 Å². The summed E-state index contributed by atoms with van der Waals surface area (Å²) in [4.78, 5) is 25.5. The molecule has 150 valence electrons. The minimum Gasteiger partial charge on any atom is -0.466 e. The first-order chi connectivity index (χ1) is 14.1. The van der Waals surface area contributed by atoms with Gasteiger partial charge in [-0.25, -0.2) is 0 Å². The van der Waals surface area contributed by atoms with E-state index < -0.39 is 17.9 Å². The summed E-state index contributed by atoms with van der Waals surface area (Å²) in [6, 6.07) is 12.3. The number of amides is 2. The summed E-state index contributed by atoms with van der Waals surface area (Å²) < 4.78 is 15.7. The number of nitrogens with one attached hydrogen (secondary N) is 2. The second-order valence-electron chi connectivity index (χ2n) is 6.28. The van der Waals surface area contributed by atoms with Crippen LogP contribution in [0.25, 0.3) is 0 Å². The number of rotatable bonds is 6. The molecule has 3 N–H and O–H groups in total. The van der Waals surface area contributed by atoms with E-state index >= 15 is 0 Å². The molecule has 1 atom stereocenters. The summed E-state index contributed by atoms with van der Waals surface area (Å²) in [6.07, 6.45) is 0.639. The van der Waals surface area contributed by atoms with Crippen molar-refractivity contribution in [3.8, 4) is 11.5 Å². The van der Waals surface area contributed by atoms with Gasteiger partial charge in [-0.1, -0.05) is 6.07 Å².